The Morgan fingerprint density at radius 1 is 1.40 bits per heavy atom. The molecule has 0 aromatic heterocycles. The standard InChI is InChI=1S/C14H20N2O4/c1-12(2)8-4-5-13(12,3)14(6-8)10(19)16(7-9(17)18)11(20)15-14/h8H,4-7H2,1-3H3,(H,15,20)(H,17,18). The molecular formula is C14H20N2O4. The number of nitrogens with one attached hydrogen (secondary N) is 1. The first-order valence-electron chi connectivity index (χ1n) is 7.02. The average Bonchev–Trinajstić information content (AvgIpc) is 2.76. The lowest BCUT2D eigenvalue weighted by atomic mass is 9.62. The van der Waals surface area contributed by atoms with Crippen LogP contribution in [0.3, 0.4) is 0 Å². The van der Waals surface area contributed by atoms with E-state index in [0.717, 1.165) is 17.7 Å². The zero-order valence-electron chi connectivity index (χ0n) is 12.0. The summed E-state index contributed by atoms with van der Waals surface area (Å²) in [7, 11) is 0. The number of carboxylic acids is 1. The number of nitrogens with zero attached hydrogens (tertiary/aromatic N) is 1. The van der Waals surface area contributed by atoms with E-state index in [1.165, 1.54) is 0 Å². The Balaban J connectivity index is 2.02. The first kappa shape index (κ1) is 13.4. The molecule has 2 aliphatic carbocycles. The summed E-state index contributed by atoms with van der Waals surface area (Å²) >= 11 is 0. The summed E-state index contributed by atoms with van der Waals surface area (Å²) < 4.78 is 0. The third kappa shape index (κ3) is 1.22. The monoisotopic (exact) mass is 280 g/mol. The zero-order chi connectivity index (χ0) is 14.9. The van der Waals surface area contributed by atoms with E-state index >= 15 is 0 Å². The van der Waals surface area contributed by atoms with Gasteiger partial charge in [0.15, 0.2) is 0 Å². The highest BCUT2D eigenvalue weighted by Gasteiger charge is 2.75. The van der Waals surface area contributed by atoms with Crippen LogP contribution in [0.4, 0.5) is 4.79 Å². The van der Waals surface area contributed by atoms with Crippen molar-refractivity contribution >= 4 is 17.9 Å². The van der Waals surface area contributed by atoms with E-state index in [0.29, 0.717) is 12.3 Å². The SMILES string of the molecule is CC1(C)C2CCC1(C)C1(C2)NC(=O)N(CC(=O)O)C1=O. The molecular weight excluding hydrogens is 260 g/mol. The van der Waals surface area contributed by atoms with E-state index in [4.69, 9.17) is 5.11 Å². The van der Waals surface area contributed by atoms with Gasteiger partial charge in [0.05, 0.1) is 0 Å². The Hall–Kier alpha value is -1.59. The van der Waals surface area contributed by atoms with Crippen LogP contribution in [0.15, 0.2) is 0 Å². The Kier molecular flexibility index (Phi) is 2.37. The highest BCUT2D eigenvalue weighted by molar-refractivity contribution is 6.09. The number of rotatable bonds is 2. The molecule has 3 rings (SSSR count). The van der Waals surface area contributed by atoms with Crippen LogP contribution >= 0.6 is 0 Å². The number of hydrogen-bond donors (Lipinski definition) is 2. The van der Waals surface area contributed by atoms with Crippen molar-refractivity contribution in [3.05, 3.63) is 0 Å². The first-order valence-corrected chi connectivity index (χ1v) is 7.02. The number of carboxylic acid groups (broad SMARTS) is 1. The van der Waals surface area contributed by atoms with Crippen LogP contribution in [0.5, 0.6) is 0 Å². The Bertz CT molecular complexity index is 529. The number of amides is 3. The van der Waals surface area contributed by atoms with Crippen molar-refractivity contribution < 1.29 is 19.5 Å². The predicted molar refractivity (Wildman–Crippen MR) is 69.8 cm³/mol. The number of urea groups is 1. The van der Waals surface area contributed by atoms with E-state index in [-0.39, 0.29) is 16.7 Å². The van der Waals surface area contributed by atoms with Crippen molar-refractivity contribution in [2.45, 2.75) is 45.6 Å². The van der Waals surface area contributed by atoms with Crippen molar-refractivity contribution in [3.63, 3.8) is 0 Å². The number of carbonyl (C=O) groups is 3. The van der Waals surface area contributed by atoms with Gasteiger partial charge in [-0.1, -0.05) is 20.8 Å². The summed E-state index contributed by atoms with van der Waals surface area (Å²) in [5.41, 5.74) is -1.26. The van der Waals surface area contributed by atoms with E-state index in [2.05, 4.69) is 26.1 Å². The summed E-state index contributed by atoms with van der Waals surface area (Å²) in [4.78, 5) is 36.5. The molecule has 2 saturated carbocycles. The van der Waals surface area contributed by atoms with Crippen LogP contribution in [0.1, 0.15) is 40.0 Å². The minimum atomic E-state index is -1.17. The van der Waals surface area contributed by atoms with Gasteiger partial charge in [0.25, 0.3) is 5.91 Å². The topological polar surface area (TPSA) is 86.7 Å². The van der Waals surface area contributed by atoms with Gasteiger partial charge in [-0.05, 0) is 30.6 Å². The molecule has 20 heavy (non-hydrogen) atoms. The molecule has 1 saturated heterocycles. The van der Waals surface area contributed by atoms with Crippen LogP contribution in [-0.2, 0) is 9.59 Å². The molecule has 3 unspecified atom stereocenters. The predicted octanol–water partition coefficient (Wildman–Crippen LogP) is 1.21. The number of aliphatic carboxylic acids is 1. The van der Waals surface area contributed by atoms with E-state index in [9.17, 15) is 14.4 Å². The largest absolute Gasteiger partial charge is 0.480 e. The maximum atomic E-state index is 12.7. The fraction of sp³-hybridized carbons (Fsp3) is 0.786. The summed E-state index contributed by atoms with van der Waals surface area (Å²) in [6.45, 7) is 5.80. The van der Waals surface area contributed by atoms with Crippen LogP contribution in [0.2, 0.25) is 0 Å². The van der Waals surface area contributed by atoms with Crippen LogP contribution in [0.25, 0.3) is 0 Å². The second-order valence-electron chi connectivity index (χ2n) is 7.11. The van der Waals surface area contributed by atoms with Gasteiger partial charge in [0.1, 0.15) is 12.1 Å². The van der Waals surface area contributed by atoms with Gasteiger partial charge in [-0.2, -0.15) is 0 Å². The molecule has 6 heteroatoms. The lowest BCUT2D eigenvalue weighted by molar-refractivity contribution is -0.145. The molecule has 2 bridgehead atoms. The van der Waals surface area contributed by atoms with Gasteiger partial charge in [-0.15, -0.1) is 0 Å². The number of imide groups is 1. The molecule has 3 amide bonds. The fourth-order valence-electron chi connectivity index (χ4n) is 4.73. The van der Waals surface area contributed by atoms with E-state index in [1.807, 2.05) is 0 Å². The molecule has 0 radical (unpaired) electrons. The Morgan fingerprint density at radius 3 is 2.50 bits per heavy atom. The van der Waals surface area contributed by atoms with E-state index < -0.39 is 24.1 Å². The molecule has 3 atom stereocenters. The summed E-state index contributed by atoms with van der Waals surface area (Å²) in [6.07, 6.45) is 2.57. The molecule has 0 aromatic carbocycles. The van der Waals surface area contributed by atoms with Gasteiger partial charge in [-0.25, -0.2) is 4.79 Å². The van der Waals surface area contributed by atoms with Crippen molar-refractivity contribution in [3.8, 4) is 0 Å². The summed E-state index contributed by atoms with van der Waals surface area (Å²) in [6, 6.07) is -0.568. The molecule has 110 valence electrons. The van der Waals surface area contributed by atoms with Gasteiger partial charge < -0.3 is 10.4 Å². The lowest BCUT2D eigenvalue weighted by Gasteiger charge is -2.44. The van der Waals surface area contributed by atoms with E-state index in [1.54, 1.807) is 0 Å². The first-order chi connectivity index (χ1) is 9.16. The van der Waals surface area contributed by atoms with Crippen LogP contribution < -0.4 is 5.32 Å². The highest BCUT2D eigenvalue weighted by atomic mass is 16.4. The Labute approximate surface area is 117 Å². The third-order valence-electron chi connectivity index (χ3n) is 6.40. The molecule has 1 aliphatic heterocycles. The number of fused-ring (bicyclic) bond motifs is 3. The number of hydrogen-bond acceptors (Lipinski definition) is 3. The molecule has 2 N–H and O–H groups in total. The quantitative estimate of drug-likeness (QED) is 0.744. The Morgan fingerprint density at radius 2 is 2.05 bits per heavy atom. The van der Waals surface area contributed by atoms with Crippen molar-refractivity contribution in [2.24, 2.45) is 16.7 Å². The van der Waals surface area contributed by atoms with Crippen molar-refractivity contribution in [2.75, 3.05) is 6.54 Å². The zero-order valence-corrected chi connectivity index (χ0v) is 12.0. The smallest absolute Gasteiger partial charge is 0.325 e. The van der Waals surface area contributed by atoms with Crippen molar-refractivity contribution in [1.82, 2.24) is 10.2 Å². The maximum absolute atomic E-state index is 12.7. The highest BCUT2D eigenvalue weighted by Crippen LogP contribution is 2.70. The van der Waals surface area contributed by atoms with Gasteiger partial charge in [0, 0.05) is 5.41 Å². The van der Waals surface area contributed by atoms with Crippen molar-refractivity contribution in [1.29, 1.82) is 0 Å². The second-order valence-corrected chi connectivity index (χ2v) is 7.11. The van der Waals surface area contributed by atoms with Crippen LogP contribution in [-0.4, -0.2) is 40.0 Å². The minimum Gasteiger partial charge on any atom is -0.480 e. The van der Waals surface area contributed by atoms with Gasteiger partial charge >= 0.3 is 12.0 Å². The second kappa shape index (κ2) is 3.54. The minimum absolute atomic E-state index is 0.0326. The lowest BCUT2D eigenvalue weighted by Crippen LogP contribution is -2.59. The summed E-state index contributed by atoms with van der Waals surface area (Å²) in [5, 5.41) is 11.7. The number of carbonyl (C=O) groups excluding carboxylic acids is 2. The molecule has 0 aromatic rings. The van der Waals surface area contributed by atoms with Gasteiger partial charge in [-0.3, -0.25) is 14.5 Å². The molecule has 6 nitrogen and oxygen atoms in total. The molecule has 1 spiro atoms. The fourth-order valence-corrected chi connectivity index (χ4v) is 4.73. The molecule has 3 fully saturated rings. The third-order valence-corrected chi connectivity index (χ3v) is 6.40. The molecule has 1 heterocycles. The average molecular weight is 280 g/mol. The van der Waals surface area contributed by atoms with Crippen LogP contribution in [0, 0.1) is 16.7 Å². The normalized spacial score (nSPS) is 41.5. The summed E-state index contributed by atoms with van der Waals surface area (Å²) in [5.74, 6) is -1.14. The molecule has 3 aliphatic rings. The van der Waals surface area contributed by atoms with Gasteiger partial charge in [0.2, 0.25) is 0 Å². The maximum Gasteiger partial charge on any atom is 0.325 e.